The van der Waals surface area contributed by atoms with Crippen LogP contribution in [0.2, 0.25) is 0 Å². The van der Waals surface area contributed by atoms with Crippen LogP contribution in [0.4, 0.5) is 5.69 Å². The van der Waals surface area contributed by atoms with Crippen LogP contribution in [0.5, 0.6) is 11.5 Å². The van der Waals surface area contributed by atoms with E-state index in [0.29, 0.717) is 18.0 Å². The predicted octanol–water partition coefficient (Wildman–Crippen LogP) is 5.36. The van der Waals surface area contributed by atoms with E-state index in [0.717, 1.165) is 20.2 Å². The molecule has 0 saturated carbocycles. The fraction of sp³-hybridized carbons (Fsp3) is 0.286. The van der Waals surface area contributed by atoms with E-state index in [9.17, 15) is 4.79 Å². The molecule has 0 spiro atoms. The summed E-state index contributed by atoms with van der Waals surface area (Å²) >= 11 is 4.52. The Morgan fingerprint density at radius 2 is 1.87 bits per heavy atom. The summed E-state index contributed by atoms with van der Waals surface area (Å²) in [5.41, 5.74) is 1.86. The third-order valence-corrected chi connectivity index (χ3v) is 7.31. The lowest BCUT2D eigenvalue weighted by molar-refractivity contribution is -0.115. The third-order valence-electron chi connectivity index (χ3n) is 4.00. The largest absolute Gasteiger partial charge is 0.497 e. The molecular weight excluding hydrogens is 438 g/mol. The van der Waals surface area contributed by atoms with Gasteiger partial charge in [-0.15, -0.1) is 10.2 Å². The monoisotopic (exact) mass is 461 g/mol. The molecule has 158 valence electrons. The molecule has 1 unspecified atom stereocenters. The smallest absolute Gasteiger partial charge is 0.237 e. The first kappa shape index (κ1) is 22.5. The maximum atomic E-state index is 12.6. The molecule has 30 heavy (non-hydrogen) atoms. The van der Waals surface area contributed by atoms with E-state index in [1.807, 2.05) is 62.4 Å². The van der Waals surface area contributed by atoms with Crippen LogP contribution in [-0.4, -0.2) is 35.1 Å². The Morgan fingerprint density at radius 1 is 1.13 bits per heavy atom. The van der Waals surface area contributed by atoms with Crippen LogP contribution >= 0.6 is 34.9 Å². The van der Waals surface area contributed by atoms with Crippen LogP contribution in [0, 0.1) is 0 Å². The molecule has 0 saturated heterocycles. The molecule has 6 nitrogen and oxygen atoms in total. The summed E-state index contributed by atoms with van der Waals surface area (Å²) in [6, 6.07) is 15.4. The van der Waals surface area contributed by atoms with E-state index in [-0.39, 0.29) is 11.2 Å². The molecule has 0 aliphatic carbocycles. The van der Waals surface area contributed by atoms with Gasteiger partial charge in [-0.1, -0.05) is 59.1 Å². The van der Waals surface area contributed by atoms with Crippen molar-refractivity contribution in [1.82, 2.24) is 10.2 Å². The van der Waals surface area contributed by atoms with E-state index < -0.39 is 0 Å². The Balaban J connectivity index is 1.52. The van der Waals surface area contributed by atoms with Gasteiger partial charge in [0.15, 0.2) is 8.68 Å². The van der Waals surface area contributed by atoms with Gasteiger partial charge in [0, 0.05) is 5.75 Å². The van der Waals surface area contributed by atoms with E-state index in [1.165, 1.54) is 28.7 Å². The zero-order valence-electron chi connectivity index (χ0n) is 17.0. The van der Waals surface area contributed by atoms with Gasteiger partial charge in [0.1, 0.15) is 11.5 Å². The Bertz CT molecular complexity index is 963. The van der Waals surface area contributed by atoms with E-state index in [4.69, 9.17) is 9.47 Å². The first-order chi connectivity index (χ1) is 14.6. The molecule has 1 aromatic heterocycles. The molecule has 0 aliphatic rings. The van der Waals surface area contributed by atoms with Crippen LogP contribution in [0.25, 0.3) is 0 Å². The number of nitrogens with zero attached hydrogens (tertiary/aromatic N) is 2. The summed E-state index contributed by atoms with van der Waals surface area (Å²) < 4.78 is 12.4. The number of benzene rings is 2. The molecule has 9 heteroatoms. The maximum absolute atomic E-state index is 12.6. The molecule has 0 bridgehead atoms. The van der Waals surface area contributed by atoms with Gasteiger partial charge in [0.05, 0.1) is 24.7 Å². The summed E-state index contributed by atoms with van der Waals surface area (Å²) in [4.78, 5) is 12.6. The number of carbonyl (C=O) groups excluding carboxylic acids is 1. The van der Waals surface area contributed by atoms with Gasteiger partial charge < -0.3 is 14.8 Å². The molecular formula is C21H23N3O3S3. The Morgan fingerprint density at radius 3 is 2.60 bits per heavy atom. The molecule has 1 N–H and O–H groups in total. The highest BCUT2D eigenvalue weighted by Gasteiger charge is 2.18. The second-order valence-electron chi connectivity index (χ2n) is 6.15. The maximum Gasteiger partial charge on any atom is 0.237 e. The number of thioether (sulfide) groups is 2. The van der Waals surface area contributed by atoms with Crippen molar-refractivity contribution in [2.24, 2.45) is 0 Å². The third kappa shape index (κ3) is 6.38. The van der Waals surface area contributed by atoms with Crippen LogP contribution in [0.3, 0.4) is 0 Å². The number of para-hydroxylation sites is 2. The van der Waals surface area contributed by atoms with Crippen molar-refractivity contribution in [1.29, 1.82) is 0 Å². The van der Waals surface area contributed by atoms with E-state index >= 15 is 0 Å². The average molecular weight is 462 g/mol. The highest BCUT2D eigenvalue weighted by molar-refractivity contribution is 8.03. The summed E-state index contributed by atoms with van der Waals surface area (Å²) in [6.45, 7) is 4.31. The first-order valence-electron chi connectivity index (χ1n) is 9.37. The second kappa shape index (κ2) is 11.2. The number of ether oxygens (including phenoxy) is 2. The average Bonchev–Trinajstić information content (AvgIpc) is 3.21. The van der Waals surface area contributed by atoms with Crippen molar-refractivity contribution in [2.45, 2.75) is 33.5 Å². The highest BCUT2D eigenvalue weighted by atomic mass is 32.2. The topological polar surface area (TPSA) is 73.3 Å². The number of hydrogen-bond acceptors (Lipinski definition) is 8. The fourth-order valence-electron chi connectivity index (χ4n) is 2.46. The van der Waals surface area contributed by atoms with Crippen LogP contribution in [-0.2, 0) is 10.5 Å². The first-order valence-corrected chi connectivity index (χ1v) is 12.1. The second-order valence-corrected chi connectivity index (χ2v) is 9.94. The number of carbonyl (C=O) groups is 1. The van der Waals surface area contributed by atoms with Crippen LogP contribution in [0.15, 0.2) is 57.2 Å². The highest BCUT2D eigenvalue weighted by Crippen LogP contribution is 2.33. The number of hydrogen-bond donors (Lipinski definition) is 1. The van der Waals surface area contributed by atoms with Gasteiger partial charge >= 0.3 is 0 Å². The molecule has 3 aromatic rings. The molecule has 2 aromatic carbocycles. The van der Waals surface area contributed by atoms with Gasteiger partial charge in [-0.2, -0.15) is 0 Å². The Labute approximate surface area is 188 Å². The molecule has 1 amide bonds. The lowest BCUT2D eigenvalue weighted by Gasteiger charge is -2.13. The minimum absolute atomic E-state index is 0.102. The van der Waals surface area contributed by atoms with Crippen molar-refractivity contribution in [2.75, 3.05) is 19.0 Å². The molecule has 0 fully saturated rings. The summed E-state index contributed by atoms with van der Waals surface area (Å²) in [7, 11) is 1.66. The van der Waals surface area contributed by atoms with E-state index in [2.05, 4.69) is 15.5 Å². The fourth-order valence-corrected chi connectivity index (χ4v) is 5.58. The normalized spacial score (nSPS) is 11.7. The number of rotatable bonds is 10. The number of anilines is 1. The zero-order valence-corrected chi connectivity index (χ0v) is 19.4. The van der Waals surface area contributed by atoms with Gasteiger partial charge in [0.25, 0.3) is 0 Å². The lowest BCUT2D eigenvalue weighted by Crippen LogP contribution is -2.22. The van der Waals surface area contributed by atoms with Gasteiger partial charge in [-0.05, 0) is 43.7 Å². The van der Waals surface area contributed by atoms with Crippen molar-refractivity contribution < 1.29 is 14.3 Å². The van der Waals surface area contributed by atoms with Gasteiger partial charge in [-0.25, -0.2) is 0 Å². The molecule has 1 atom stereocenters. The molecule has 3 rings (SSSR count). The number of aromatic nitrogens is 2. The Kier molecular flexibility index (Phi) is 8.41. The van der Waals surface area contributed by atoms with E-state index in [1.54, 1.807) is 18.9 Å². The summed E-state index contributed by atoms with van der Waals surface area (Å²) in [5.74, 6) is 2.20. The zero-order chi connectivity index (χ0) is 21.3. The minimum atomic E-state index is -0.313. The SMILES string of the molecule is CCOc1ccccc1NC(=O)C(C)Sc1nnc(SCc2ccc(OC)cc2)s1. The van der Waals surface area contributed by atoms with Crippen LogP contribution < -0.4 is 14.8 Å². The molecule has 0 radical (unpaired) electrons. The Hall–Kier alpha value is -2.23. The van der Waals surface area contributed by atoms with Crippen LogP contribution in [0.1, 0.15) is 19.4 Å². The van der Waals surface area contributed by atoms with Gasteiger partial charge in [0.2, 0.25) is 5.91 Å². The van der Waals surface area contributed by atoms with Crippen molar-refractivity contribution >= 4 is 46.5 Å². The summed E-state index contributed by atoms with van der Waals surface area (Å²) in [6.07, 6.45) is 0. The lowest BCUT2D eigenvalue weighted by atomic mass is 10.2. The summed E-state index contributed by atoms with van der Waals surface area (Å²) in [5, 5.41) is 11.1. The number of methoxy groups -OCH3 is 1. The number of nitrogens with one attached hydrogen (secondary N) is 1. The van der Waals surface area contributed by atoms with Gasteiger partial charge in [-0.3, -0.25) is 4.79 Å². The number of amides is 1. The quantitative estimate of drug-likeness (QED) is 0.408. The van der Waals surface area contributed by atoms with Crippen molar-refractivity contribution in [3.63, 3.8) is 0 Å². The van der Waals surface area contributed by atoms with Crippen molar-refractivity contribution in [3.8, 4) is 11.5 Å². The minimum Gasteiger partial charge on any atom is -0.497 e. The van der Waals surface area contributed by atoms with Crippen molar-refractivity contribution in [3.05, 3.63) is 54.1 Å². The standard InChI is InChI=1S/C21H23N3O3S3/c1-4-27-18-8-6-5-7-17(18)22-19(25)14(2)29-21-24-23-20(30-21)28-13-15-9-11-16(26-3)12-10-15/h5-12,14H,4,13H2,1-3H3,(H,22,25). The predicted molar refractivity (Wildman–Crippen MR) is 124 cm³/mol. The molecule has 1 heterocycles. The molecule has 0 aliphatic heterocycles.